The number of nitrogens with zero attached hydrogens (tertiary/aromatic N) is 2. The average molecular weight is 446 g/mol. The Hall–Kier alpha value is -2.46. The summed E-state index contributed by atoms with van der Waals surface area (Å²) in [5, 5.41) is 0. The fourth-order valence-corrected chi connectivity index (χ4v) is 6.27. The predicted octanol–water partition coefficient (Wildman–Crippen LogP) is 2.25. The van der Waals surface area contributed by atoms with Gasteiger partial charge in [0.2, 0.25) is 20.0 Å². The maximum absolute atomic E-state index is 13.2. The molecular weight excluding hydrogens is 422 g/mol. The first-order valence-electron chi connectivity index (χ1n) is 9.63. The van der Waals surface area contributed by atoms with Crippen LogP contribution < -0.4 is 4.72 Å². The van der Waals surface area contributed by atoms with Crippen LogP contribution in [0.1, 0.15) is 11.6 Å². The van der Waals surface area contributed by atoms with Gasteiger partial charge in [-0.25, -0.2) is 21.6 Å². The van der Waals surface area contributed by atoms with Gasteiger partial charge in [0, 0.05) is 44.0 Å². The number of sulfonamides is 2. The highest BCUT2D eigenvalue weighted by molar-refractivity contribution is 7.89. The summed E-state index contributed by atoms with van der Waals surface area (Å²) in [6.07, 6.45) is 1.90. The monoisotopic (exact) mass is 445 g/mol. The van der Waals surface area contributed by atoms with Gasteiger partial charge < -0.3 is 4.57 Å². The summed E-state index contributed by atoms with van der Waals surface area (Å²) in [4.78, 5) is 0.419. The highest BCUT2D eigenvalue weighted by Gasteiger charge is 2.32. The van der Waals surface area contributed by atoms with E-state index in [1.807, 2.05) is 22.9 Å². The van der Waals surface area contributed by atoms with Gasteiger partial charge in [0.25, 0.3) is 0 Å². The lowest BCUT2D eigenvalue weighted by molar-refractivity contribution is 0.392. The van der Waals surface area contributed by atoms with E-state index in [-0.39, 0.29) is 28.8 Å². The highest BCUT2D eigenvalue weighted by Crippen LogP contribution is 2.26. The number of fused-ring (bicyclic) bond motifs is 1. The molecule has 0 fully saturated rings. The van der Waals surface area contributed by atoms with Gasteiger partial charge in [0.1, 0.15) is 0 Å². The van der Waals surface area contributed by atoms with Gasteiger partial charge >= 0.3 is 0 Å². The Labute approximate surface area is 177 Å². The first-order chi connectivity index (χ1) is 14.4. The van der Waals surface area contributed by atoms with Crippen LogP contribution in [0, 0.1) is 0 Å². The van der Waals surface area contributed by atoms with Crippen LogP contribution in [0.3, 0.4) is 0 Å². The molecule has 1 unspecified atom stereocenters. The molecule has 4 rings (SSSR count). The standard InChI is InChI=1S/C21H23N3O4S2/c25-29(26,19-8-3-1-4-9-19)22-16-18-17-24(15-14-23-13-7-12-21(18)23)30(27,28)20-10-5-2-6-11-20/h1-13,18,22H,14-17H2. The van der Waals surface area contributed by atoms with Crippen molar-refractivity contribution in [3.63, 3.8) is 0 Å². The maximum atomic E-state index is 13.2. The molecule has 9 heteroatoms. The molecule has 2 heterocycles. The number of nitrogens with one attached hydrogen (secondary N) is 1. The molecule has 0 saturated heterocycles. The molecule has 158 valence electrons. The van der Waals surface area contributed by atoms with Crippen molar-refractivity contribution in [2.45, 2.75) is 22.3 Å². The minimum atomic E-state index is -3.69. The number of benzene rings is 2. The topological polar surface area (TPSA) is 88.5 Å². The molecule has 0 saturated carbocycles. The third kappa shape index (κ3) is 4.20. The normalized spacial score (nSPS) is 17.9. The fraction of sp³-hybridized carbons (Fsp3) is 0.238. The third-order valence-electron chi connectivity index (χ3n) is 5.25. The molecule has 0 radical (unpaired) electrons. The lowest BCUT2D eigenvalue weighted by Gasteiger charge is -2.24. The second-order valence-electron chi connectivity index (χ2n) is 7.16. The van der Waals surface area contributed by atoms with Crippen molar-refractivity contribution in [3.8, 4) is 0 Å². The van der Waals surface area contributed by atoms with Crippen LogP contribution in [0.5, 0.6) is 0 Å². The zero-order valence-corrected chi connectivity index (χ0v) is 17.9. The largest absolute Gasteiger partial charge is 0.350 e. The van der Waals surface area contributed by atoms with Crippen LogP contribution in [0.2, 0.25) is 0 Å². The first kappa shape index (κ1) is 20.8. The average Bonchev–Trinajstić information content (AvgIpc) is 3.15. The van der Waals surface area contributed by atoms with E-state index >= 15 is 0 Å². The Morgan fingerprint density at radius 3 is 2.10 bits per heavy atom. The van der Waals surface area contributed by atoms with E-state index in [9.17, 15) is 16.8 Å². The van der Waals surface area contributed by atoms with Gasteiger partial charge in [0.15, 0.2) is 0 Å². The lowest BCUT2D eigenvalue weighted by Crippen LogP contribution is -2.38. The van der Waals surface area contributed by atoms with Crippen molar-refractivity contribution >= 4 is 20.0 Å². The van der Waals surface area contributed by atoms with Crippen molar-refractivity contribution < 1.29 is 16.8 Å². The van der Waals surface area contributed by atoms with Gasteiger partial charge in [-0.3, -0.25) is 0 Å². The molecule has 30 heavy (non-hydrogen) atoms. The minimum absolute atomic E-state index is 0.0993. The van der Waals surface area contributed by atoms with Crippen LogP contribution in [-0.4, -0.2) is 45.3 Å². The van der Waals surface area contributed by atoms with Crippen LogP contribution >= 0.6 is 0 Å². The highest BCUT2D eigenvalue weighted by atomic mass is 32.2. The molecule has 1 N–H and O–H groups in total. The number of hydrogen-bond acceptors (Lipinski definition) is 4. The Morgan fingerprint density at radius 2 is 1.43 bits per heavy atom. The molecule has 2 aromatic carbocycles. The Kier molecular flexibility index (Phi) is 5.79. The quantitative estimate of drug-likeness (QED) is 0.630. The Bertz CT molecular complexity index is 1210. The van der Waals surface area contributed by atoms with Crippen LogP contribution in [0.4, 0.5) is 0 Å². The number of aromatic nitrogens is 1. The lowest BCUT2D eigenvalue weighted by atomic mass is 10.1. The molecule has 3 aromatic rings. The maximum Gasteiger partial charge on any atom is 0.243 e. The summed E-state index contributed by atoms with van der Waals surface area (Å²) in [5.41, 5.74) is 0.913. The molecule has 0 aliphatic carbocycles. The molecule has 1 aliphatic heterocycles. The van der Waals surface area contributed by atoms with Gasteiger partial charge in [-0.2, -0.15) is 4.31 Å². The fourth-order valence-electron chi connectivity index (χ4n) is 3.67. The summed E-state index contributed by atoms with van der Waals surface area (Å²) < 4.78 is 57.7. The summed E-state index contributed by atoms with van der Waals surface area (Å²) >= 11 is 0. The van der Waals surface area contributed by atoms with E-state index in [1.54, 1.807) is 48.5 Å². The third-order valence-corrected chi connectivity index (χ3v) is 8.57. The van der Waals surface area contributed by atoms with Gasteiger partial charge in [-0.1, -0.05) is 36.4 Å². The van der Waals surface area contributed by atoms with E-state index in [4.69, 9.17) is 0 Å². The van der Waals surface area contributed by atoms with Crippen molar-refractivity contribution in [2.75, 3.05) is 19.6 Å². The molecule has 1 atom stereocenters. The summed E-state index contributed by atoms with van der Waals surface area (Å²) in [6, 6.07) is 20.3. The van der Waals surface area contributed by atoms with Crippen molar-refractivity contribution in [2.24, 2.45) is 0 Å². The van der Waals surface area contributed by atoms with Crippen molar-refractivity contribution in [3.05, 3.63) is 84.7 Å². The summed E-state index contributed by atoms with van der Waals surface area (Å²) in [5.74, 6) is -0.320. The Morgan fingerprint density at radius 1 is 0.800 bits per heavy atom. The van der Waals surface area contributed by atoms with Crippen LogP contribution in [0.25, 0.3) is 0 Å². The van der Waals surface area contributed by atoms with Crippen molar-refractivity contribution in [1.29, 1.82) is 0 Å². The van der Waals surface area contributed by atoms with Gasteiger partial charge in [-0.15, -0.1) is 0 Å². The number of rotatable bonds is 6. The minimum Gasteiger partial charge on any atom is -0.350 e. The van der Waals surface area contributed by atoms with Crippen molar-refractivity contribution in [1.82, 2.24) is 13.6 Å². The number of hydrogen-bond donors (Lipinski definition) is 1. The molecule has 1 aliphatic rings. The van der Waals surface area contributed by atoms with Gasteiger partial charge in [0.05, 0.1) is 9.79 Å². The molecule has 7 nitrogen and oxygen atoms in total. The summed E-state index contributed by atoms with van der Waals surface area (Å²) in [6.45, 7) is 1.12. The molecule has 1 aromatic heterocycles. The summed E-state index contributed by atoms with van der Waals surface area (Å²) in [7, 11) is -7.37. The molecule has 0 spiro atoms. The zero-order valence-electron chi connectivity index (χ0n) is 16.3. The van der Waals surface area contributed by atoms with E-state index in [1.165, 1.54) is 16.4 Å². The molecular formula is C21H23N3O4S2. The SMILES string of the molecule is O=S(=O)(NCC1CN(S(=O)(=O)c2ccccc2)CCn2cccc21)c1ccccc1. The van der Waals surface area contributed by atoms with Crippen LogP contribution in [0.15, 0.2) is 88.8 Å². The predicted molar refractivity (Wildman–Crippen MR) is 114 cm³/mol. The van der Waals surface area contributed by atoms with E-state index in [2.05, 4.69) is 4.72 Å². The zero-order chi connectivity index (χ0) is 21.2. The van der Waals surface area contributed by atoms with E-state index < -0.39 is 20.0 Å². The van der Waals surface area contributed by atoms with E-state index in [0.29, 0.717) is 13.1 Å². The smallest absolute Gasteiger partial charge is 0.243 e. The second kappa shape index (κ2) is 8.35. The van der Waals surface area contributed by atoms with Crippen LogP contribution in [-0.2, 0) is 26.6 Å². The second-order valence-corrected chi connectivity index (χ2v) is 10.9. The van der Waals surface area contributed by atoms with E-state index in [0.717, 1.165) is 5.69 Å². The Balaban J connectivity index is 1.59. The molecule has 0 bridgehead atoms. The molecule has 0 amide bonds. The first-order valence-corrected chi connectivity index (χ1v) is 12.6. The van der Waals surface area contributed by atoms with Gasteiger partial charge in [-0.05, 0) is 36.4 Å².